The second kappa shape index (κ2) is 55.9. The summed E-state index contributed by atoms with van der Waals surface area (Å²) < 4.78 is 23.8. The molecule has 9 heteroatoms. The number of quaternary nitrogens is 1. The SMILES string of the molecule is CC/C=C\C/C=C\C/C=C\C/C=C\C/C=C\C/C=C\C/C=C\C/C=C\C/C=C\CCCCCCCCCCCCCC(=O)NC(COP(=O)(O)OCC[N+](C)(C)C)C(O)CCCCCCCCCCCCCCCC. The maximum absolute atomic E-state index is 13.0. The van der Waals surface area contributed by atoms with Gasteiger partial charge in [0.15, 0.2) is 0 Å². The number of carbonyl (C=O) groups excluding carboxylic acids is 1. The molecule has 0 aromatic heterocycles. The van der Waals surface area contributed by atoms with Crippen LogP contribution in [0.5, 0.6) is 0 Å². The molecular weight excluding hydrogens is 948 g/mol. The summed E-state index contributed by atoms with van der Waals surface area (Å²) in [4.78, 5) is 23.3. The fourth-order valence-electron chi connectivity index (χ4n) is 8.51. The average molecular weight is 1070 g/mol. The van der Waals surface area contributed by atoms with Crippen LogP contribution < -0.4 is 5.32 Å². The highest BCUT2D eigenvalue weighted by atomic mass is 31.2. The van der Waals surface area contributed by atoms with Crippen LogP contribution in [0.4, 0.5) is 0 Å². The minimum atomic E-state index is -4.33. The first-order chi connectivity index (χ1) is 36.5. The summed E-state index contributed by atoms with van der Waals surface area (Å²) in [6, 6.07) is -0.768. The summed E-state index contributed by atoms with van der Waals surface area (Å²) in [5.74, 6) is -0.151. The van der Waals surface area contributed by atoms with E-state index in [1.165, 1.54) is 128 Å². The van der Waals surface area contributed by atoms with Gasteiger partial charge in [-0.25, -0.2) is 4.57 Å². The zero-order valence-electron chi connectivity index (χ0n) is 49.3. The van der Waals surface area contributed by atoms with Crippen molar-refractivity contribution >= 4 is 13.7 Å². The van der Waals surface area contributed by atoms with E-state index >= 15 is 0 Å². The molecule has 3 N–H and O–H groups in total. The van der Waals surface area contributed by atoms with Crippen molar-refractivity contribution in [1.82, 2.24) is 5.32 Å². The molecule has 0 rings (SSSR count). The number of phosphoric ester groups is 1. The fraction of sp³-hybridized carbons (Fsp3) is 0.712. The van der Waals surface area contributed by atoms with Crippen molar-refractivity contribution in [3.8, 4) is 0 Å². The van der Waals surface area contributed by atoms with E-state index in [9.17, 15) is 19.4 Å². The standard InChI is InChI=1S/C66H117N2O6P/c1-6-8-10-12-14-16-18-20-22-23-24-25-26-27-28-29-30-31-32-33-34-35-36-37-38-39-40-41-42-43-44-45-46-48-50-52-54-56-58-60-66(70)67-64(63-74-75(71,72)73-62-61-68(3,4)5)65(69)59-57-55-53-51-49-47-21-19-17-15-13-11-9-7-2/h8,10,14,16,20,22,24-25,27-28,30-31,33-34,36-37,39-40,64-65,69H,6-7,9,11-13,15,17-19,21,23,26,29,32,35,38,41-63H2,1-5H3,(H-,67,70,71,72)/p+1/b10-8-,16-14-,22-20-,25-24-,28-27-,31-30-,34-33-,37-36-,40-39-. The van der Waals surface area contributed by atoms with E-state index in [-0.39, 0.29) is 19.1 Å². The van der Waals surface area contributed by atoms with Gasteiger partial charge in [-0.05, 0) is 83.5 Å². The molecule has 1 amide bonds. The normalized spacial score (nSPS) is 14.6. The number of phosphoric acid groups is 1. The van der Waals surface area contributed by atoms with Gasteiger partial charge in [0.1, 0.15) is 13.2 Å². The van der Waals surface area contributed by atoms with Crippen molar-refractivity contribution in [1.29, 1.82) is 0 Å². The Hall–Kier alpha value is -2.84. The first kappa shape index (κ1) is 72.2. The molecule has 0 fully saturated rings. The zero-order chi connectivity index (χ0) is 54.9. The molecule has 75 heavy (non-hydrogen) atoms. The van der Waals surface area contributed by atoms with Crippen molar-refractivity contribution in [2.45, 2.75) is 264 Å². The number of nitrogens with one attached hydrogen (secondary N) is 1. The molecule has 0 aromatic rings. The number of likely N-dealkylation sites (N-methyl/N-ethyl adjacent to an activating group) is 1. The second-order valence-corrected chi connectivity index (χ2v) is 23.2. The lowest BCUT2D eigenvalue weighted by atomic mass is 10.0. The number of aliphatic hydroxyl groups excluding tert-OH is 1. The molecule has 3 atom stereocenters. The first-order valence-electron chi connectivity index (χ1n) is 30.8. The van der Waals surface area contributed by atoms with Gasteiger partial charge in [-0.15, -0.1) is 0 Å². The summed E-state index contributed by atoms with van der Waals surface area (Å²) in [6.45, 7) is 4.77. The van der Waals surface area contributed by atoms with E-state index in [0.29, 0.717) is 23.9 Å². The number of rotatable bonds is 55. The number of hydrogen-bond donors (Lipinski definition) is 3. The predicted molar refractivity (Wildman–Crippen MR) is 327 cm³/mol. The van der Waals surface area contributed by atoms with Crippen LogP contribution in [0.25, 0.3) is 0 Å². The van der Waals surface area contributed by atoms with E-state index in [4.69, 9.17) is 9.05 Å². The molecule has 3 unspecified atom stereocenters. The van der Waals surface area contributed by atoms with E-state index in [1.54, 1.807) is 0 Å². The molecular formula is C66H118N2O6P+. The highest BCUT2D eigenvalue weighted by Crippen LogP contribution is 2.43. The largest absolute Gasteiger partial charge is 0.472 e. The van der Waals surface area contributed by atoms with Gasteiger partial charge in [0.25, 0.3) is 0 Å². The Morgan fingerprint density at radius 3 is 1.17 bits per heavy atom. The molecule has 0 aliphatic carbocycles. The Morgan fingerprint density at radius 2 is 0.800 bits per heavy atom. The van der Waals surface area contributed by atoms with E-state index in [0.717, 1.165) is 96.3 Å². The summed E-state index contributed by atoms with van der Waals surface area (Å²) in [5.41, 5.74) is 0. The summed E-state index contributed by atoms with van der Waals surface area (Å²) in [7, 11) is 1.61. The van der Waals surface area contributed by atoms with Gasteiger partial charge in [0.05, 0.1) is 39.9 Å². The van der Waals surface area contributed by atoms with Gasteiger partial charge in [-0.3, -0.25) is 13.8 Å². The van der Waals surface area contributed by atoms with Gasteiger partial charge in [-0.1, -0.05) is 271 Å². The molecule has 0 saturated carbocycles. The van der Waals surface area contributed by atoms with Gasteiger partial charge >= 0.3 is 7.82 Å². The predicted octanol–water partition coefficient (Wildman–Crippen LogP) is 19.2. The maximum atomic E-state index is 13.0. The molecule has 0 saturated heterocycles. The number of aliphatic hydroxyl groups is 1. The Balaban J connectivity index is 4.05. The number of nitrogens with zero attached hydrogens (tertiary/aromatic N) is 1. The molecule has 0 spiro atoms. The minimum absolute atomic E-state index is 0.0701. The third-order valence-electron chi connectivity index (χ3n) is 13.3. The lowest BCUT2D eigenvalue weighted by Crippen LogP contribution is -2.46. The lowest BCUT2D eigenvalue weighted by Gasteiger charge is -2.26. The molecule has 0 aromatic carbocycles. The van der Waals surface area contributed by atoms with E-state index in [2.05, 4.69) is 129 Å². The van der Waals surface area contributed by atoms with Crippen LogP contribution in [-0.2, 0) is 18.4 Å². The van der Waals surface area contributed by atoms with Crippen molar-refractivity contribution in [2.75, 3.05) is 40.9 Å². The Labute approximate surface area is 463 Å². The number of allylic oxidation sites excluding steroid dienone is 18. The quantitative estimate of drug-likeness (QED) is 0.0243. The van der Waals surface area contributed by atoms with Crippen molar-refractivity contribution < 1.29 is 32.9 Å². The highest BCUT2D eigenvalue weighted by Gasteiger charge is 2.28. The third kappa shape index (κ3) is 58.7. The molecule has 8 nitrogen and oxygen atoms in total. The van der Waals surface area contributed by atoms with Crippen molar-refractivity contribution in [2.24, 2.45) is 0 Å². The van der Waals surface area contributed by atoms with Crippen LogP contribution in [0.15, 0.2) is 109 Å². The number of unbranched alkanes of at least 4 members (excludes halogenated alkanes) is 24. The first-order valence-corrected chi connectivity index (χ1v) is 32.2. The fourth-order valence-corrected chi connectivity index (χ4v) is 9.25. The summed E-state index contributed by atoms with van der Waals surface area (Å²) in [5, 5.41) is 14.0. The van der Waals surface area contributed by atoms with Crippen LogP contribution in [0, 0.1) is 0 Å². The summed E-state index contributed by atoms with van der Waals surface area (Å²) >= 11 is 0. The molecule has 0 aliphatic heterocycles. The second-order valence-electron chi connectivity index (χ2n) is 21.7. The minimum Gasteiger partial charge on any atom is -0.391 e. The van der Waals surface area contributed by atoms with Crippen molar-refractivity contribution in [3.05, 3.63) is 109 Å². The summed E-state index contributed by atoms with van der Waals surface area (Å²) in [6.07, 6.45) is 81.5. The molecule has 0 aliphatic rings. The van der Waals surface area contributed by atoms with Gasteiger partial charge in [0, 0.05) is 6.42 Å². The van der Waals surface area contributed by atoms with Gasteiger partial charge < -0.3 is 19.8 Å². The van der Waals surface area contributed by atoms with Crippen molar-refractivity contribution in [3.63, 3.8) is 0 Å². The Kier molecular flexibility index (Phi) is 53.8. The molecule has 0 radical (unpaired) electrons. The van der Waals surface area contributed by atoms with Gasteiger partial charge in [0.2, 0.25) is 5.91 Å². The van der Waals surface area contributed by atoms with Crippen LogP contribution in [0.2, 0.25) is 0 Å². The average Bonchev–Trinajstić information content (AvgIpc) is 3.37. The van der Waals surface area contributed by atoms with Crippen LogP contribution >= 0.6 is 7.82 Å². The Morgan fingerprint density at radius 1 is 0.467 bits per heavy atom. The van der Waals surface area contributed by atoms with Crippen LogP contribution in [0.3, 0.4) is 0 Å². The molecule has 0 heterocycles. The third-order valence-corrected chi connectivity index (χ3v) is 14.3. The number of hydrogen-bond acceptors (Lipinski definition) is 5. The van der Waals surface area contributed by atoms with Crippen LogP contribution in [-0.4, -0.2) is 73.4 Å². The topological polar surface area (TPSA) is 105 Å². The zero-order valence-corrected chi connectivity index (χ0v) is 50.1. The molecule has 0 bridgehead atoms. The Bertz CT molecular complexity index is 1590. The smallest absolute Gasteiger partial charge is 0.391 e. The number of carbonyl (C=O) groups is 1. The van der Waals surface area contributed by atoms with E-state index < -0.39 is 20.0 Å². The molecule has 432 valence electrons. The maximum Gasteiger partial charge on any atom is 0.472 e. The van der Waals surface area contributed by atoms with Gasteiger partial charge in [-0.2, -0.15) is 0 Å². The number of amides is 1. The lowest BCUT2D eigenvalue weighted by molar-refractivity contribution is -0.870. The van der Waals surface area contributed by atoms with E-state index in [1.807, 2.05) is 21.1 Å². The highest BCUT2D eigenvalue weighted by molar-refractivity contribution is 7.47. The monoisotopic (exact) mass is 1070 g/mol. The van der Waals surface area contributed by atoms with Crippen LogP contribution in [0.1, 0.15) is 251 Å².